The molecule has 1 amide bonds. The summed E-state index contributed by atoms with van der Waals surface area (Å²) >= 11 is 12.8. The number of aliphatic imine (C=N–C) groups is 1. The van der Waals surface area contributed by atoms with Crippen molar-refractivity contribution in [1.29, 1.82) is 0 Å². The molecule has 0 bridgehead atoms. The quantitative estimate of drug-likeness (QED) is 0.221. The van der Waals surface area contributed by atoms with E-state index < -0.39 is 0 Å². The molecule has 2 heterocycles. The van der Waals surface area contributed by atoms with Crippen LogP contribution in [0.3, 0.4) is 0 Å². The smallest absolute Gasteiger partial charge is 0.256 e. The largest absolute Gasteiger partial charge is 0.493 e. The minimum absolute atomic E-state index is 0.0102. The first-order valence-electron chi connectivity index (χ1n) is 14.0. The van der Waals surface area contributed by atoms with Crippen LogP contribution in [0.1, 0.15) is 59.9 Å². The van der Waals surface area contributed by atoms with Gasteiger partial charge in [-0.2, -0.15) is 0 Å². The van der Waals surface area contributed by atoms with E-state index in [2.05, 4.69) is 25.8 Å². The van der Waals surface area contributed by atoms with Crippen molar-refractivity contribution >= 4 is 46.8 Å². The molecule has 0 aliphatic carbocycles. The van der Waals surface area contributed by atoms with E-state index in [1.54, 1.807) is 55.6 Å². The highest BCUT2D eigenvalue weighted by Crippen LogP contribution is 2.40. The molecule has 1 saturated heterocycles. The van der Waals surface area contributed by atoms with Gasteiger partial charge in [-0.3, -0.25) is 14.6 Å². The van der Waals surface area contributed by atoms with Gasteiger partial charge in [0, 0.05) is 34.8 Å². The van der Waals surface area contributed by atoms with Crippen molar-refractivity contribution in [2.45, 2.75) is 39.7 Å². The Kier molecular flexibility index (Phi) is 8.81. The fourth-order valence-electron chi connectivity index (χ4n) is 5.08. The number of amides is 1. The first-order chi connectivity index (χ1) is 20.1. The SMILES string of the molecule is COc1cc2c(cc1OCC(C)C(C)(C)COc1c(Cl)cc(Cl)cc1C(=O)c1ccccc1)N=CC1CCCN1C2=O. The number of carbonyl (C=O) groups is 2. The predicted octanol–water partition coefficient (Wildman–Crippen LogP) is 7.67. The van der Waals surface area contributed by atoms with E-state index >= 15 is 0 Å². The lowest BCUT2D eigenvalue weighted by Crippen LogP contribution is -2.35. The van der Waals surface area contributed by atoms with Crippen LogP contribution in [-0.2, 0) is 0 Å². The zero-order valence-corrected chi connectivity index (χ0v) is 25.7. The third-order valence-corrected chi connectivity index (χ3v) is 8.66. The maximum absolute atomic E-state index is 13.3. The van der Waals surface area contributed by atoms with Crippen LogP contribution in [0.2, 0.25) is 10.0 Å². The molecule has 7 nitrogen and oxygen atoms in total. The van der Waals surface area contributed by atoms with Gasteiger partial charge in [0.15, 0.2) is 17.3 Å². The third kappa shape index (κ3) is 6.13. The van der Waals surface area contributed by atoms with E-state index in [9.17, 15) is 9.59 Å². The van der Waals surface area contributed by atoms with E-state index in [-0.39, 0.29) is 40.7 Å². The van der Waals surface area contributed by atoms with E-state index in [1.807, 2.05) is 17.2 Å². The Morgan fingerprint density at radius 3 is 2.60 bits per heavy atom. The summed E-state index contributed by atoms with van der Waals surface area (Å²) in [6.07, 6.45) is 3.75. The number of ketones is 1. The Hall–Kier alpha value is -3.55. The summed E-state index contributed by atoms with van der Waals surface area (Å²) in [6, 6.07) is 15.6. The lowest BCUT2D eigenvalue weighted by molar-refractivity contribution is 0.0773. The molecular weight excluding hydrogens is 575 g/mol. The molecule has 2 atom stereocenters. The van der Waals surface area contributed by atoms with Crippen LogP contribution in [0.25, 0.3) is 0 Å². The van der Waals surface area contributed by atoms with E-state index in [1.165, 1.54) is 0 Å². The summed E-state index contributed by atoms with van der Waals surface area (Å²) in [4.78, 5) is 32.9. The number of rotatable bonds is 10. The number of hydrogen-bond acceptors (Lipinski definition) is 6. The fourth-order valence-corrected chi connectivity index (χ4v) is 5.63. The molecule has 9 heteroatoms. The molecule has 0 radical (unpaired) electrons. The molecule has 42 heavy (non-hydrogen) atoms. The van der Waals surface area contributed by atoms with Crippen molar-refractivity contribution in [1.82, 2.24) is 4.90 Å². The summed E-state index contributed by atoms with van der Waals surface area (Å²) < 4.78 is 18.1. The molecule has 0 spiro atoms. The molecular formula is C33H34Cl2N2O5. The number of benzene rings is 3. The number of fused-ring (bicyclic) bond motifs is 2. The van der Waals surface area contributed by atoms with E-state index in [0.717, 1.165) is 19.4 Å². The van der Waals surface area contributed by atoms with Gasteiger partial charge in [0.1, 0.15) is 5.75 Å². The second-order valence-corrected chi connectivity index (χ2v) is 12.3. The number of carbonyl (C=O) groups excluding carboxylic acids is 2. The molecule has 3 aromatic rings. The highest BCUT2D eigenvalue weighted by molar-refractivity contribution is 6.36. The Labute approximate surface area is 256 Å². The summed E-state index contributed by atoms with van der Waals surface area (Å²) in [5.74, 6) is 1.05. The molecule has 1 fully saturated rings. The molecule has 3 aromatic carbocycles. The molecule has 0 saturated carbocycles. The van der Waals surface area contributed by atoms with Crippen LogP contribution in [0.15, 0.2) is 59.6 Å². The van der Waals surface area contributed by atoms with Gasteiger partial charge in [0.05, 0.1) is 48.2 Å². The average molecular weight is 610 g/mol. The number of nitrogens with zero attached hydrogens (tertiary/aromatic N) is 2. The lowest BCUT2D eigenvalue weighted by atomic mass is 9.81. The van der Waals surface area contributed by atoms with Crippen LogP contribution in [0.4, 0.5) is 5.69 Å². The fraction of sp³-hybridized carbons (Fsp3) is 0.364. The first kappa shape index (κ1) is 29.9. The summed E-state index contributed by atoms with van der Waals surface area (Å²) in [5, 5.41) is 0.626. The van der Waals surface area contributed by atoms with Crippen molar-refractivity contribution in [2.75, 3.05) is 26.9 Å². The van der Waals surface area contributed by atoms with Gasteiger partial charge >= 0.3 is 0 Å². The third-order valence-electron chi connectivity index (χ3n) is 8.16. The number of methoxy groups -OCH3 is 1. The van der Waals surface area contributed by atoms with Gasteiger partial charge in [0.2, 0.25) is 0 Å². The first-order valence-corrected chi connectivity index (χ1v) is 14.8. The normalized spacial score (nSPS) is 16.9. The van der Waals surface area contributed by atoms with Crippen molar-refractivity contribution < 1.29 is 23.8 Å². The van der Waals surface area contributed by atoms with Crippen molar-refractivity contribution in [2.24, 2.45) is 16.3 Å². The van der Waals surface area contributed by atoms with Gasteiger partial charge in [-0.15, -0.1) is 0 Å². The van der Waals surface area contributed by atoms with Crippen molar-refractivity contribution in [3.63, 3.8) is 0 Å². The molecule has 0 aromatic heterocycles. The van der Waals surface area contributed by atoms with Crippen LogP contribution in [-0.4, -0.2) is 55.7 Å². The van der Waals surface area contributed by atoms with Crippen LogP contribution in [0, 0.1) is 11.3 Å². The van der Waals surface area contributed by atoms with Gasteiger partial charge in [-0.1, -0.05) is 74.3 Å². The average Bonchev–Trinajstić information content (AvgIpc) is 3.41. The van der Waals surface area contributed by atoms with Crippen LogP contribution < -0.4 is 14.2 Å². The highest BCUT2D eigenvalue weighted by Gasteiger charge is 2.33. The second kappa shape index (κ2) is 12.4. The molecule has 220 valence electrons. The van der Waals surface area contributed by atoms with Crippen LogP contribution in [0.5, 0.6) is 17.2 Å². The van der Waals surface area contributed by atoms with Gasteiger partial charge in [0.25, 0.3) is 5.91 Å². The minimum atomic E-state index is -0.381. The predicted molar refractivity (Wildman–Crippen MR) is 165 cm³/mol. The highest BCUT2D eigenvalue weighted by atomic mass is 35.5. The zero-order chi connectivity index (χ0) is 30.0. The van der Waals surface area contributed by atoms with Crippen molar-refractivity contribution in [3.8, 4) is 17.2 Å². The zero-order valence-electron chi connectivity index (χ0n) is 24.2. The maximum atomic E-state index is 13.3. The Morgan fingerprint density at radius 1 is 1.10 bits per heavy atom. The Morgan fingerprint density at radius 2 is 1.86 bits per heavy atom. The lowest BCUT2D eigenvalue weighted by Gasteiger charge is -2.32. The summed E-state index contributed by atoms with van der Waals surface area (Å²) in [7, 11) is 1.56. The topological polar surface area (TPSA) is 77.4 Å². The minimum Gasteiger partial charge on any atom is -0.493 e. The molecule has 5 rings (SSSR count). The van der Waals surface area contributed by atoms with Gasteiger partial charge in [-0.05, 0) is 37.0 Å². The monoisotopic (exact) mass is 608 g/mol. The molecule has 0 N–H and O–H groups in total. The Balaban J connectivity index is 1.30. The number of halogens is 2. The maximum Gasteiger partial charge on any atom is 0.256 e. The van der Waals surface area contributed by atoms with E-state index in [0.29, 0.717) is 51.3 Å². The van der Waals surface area contributed by atoms with Gasteiger partial charge < -0.3 is 19.1 Å². The molecule has 2 unspecified atom stereocenters. The van der Waals surface area contributed by atoms with Gasteiger partial charge in [-0.25, -0.2) is 0 Å². The summed E-state index contributed by atoms with van der Waals surface area (Å²) in [6.45, 7) is 7.54. The van der Waals surface area contributed by atoms with E-state index in [4.69, 9.17) is 37.4 Å². The second-order valence-electron chi connectivity index (χ2n) is 11.5. The van der Waals surface area contributed by atoms with Crippen LogP contribution >= 0.6 is 23.2 Å². The number of ether oxygens (including phenoxy) is 3. The molecule has 2 aliphatic rings. The van der Waals surface area contributed by atoms with Crippen molar-refractivity contribution in [3.05, 3.63) is 81.3 Å². The Bertz CT molecular complexity index is 1520. The summed E-state index contributed by atoms with van der Waals surface area (Å²) in [5.41, 5.74) is 1.54. The molecule has 2 aliphatic heterocycles. The standard InChI is InChI=1S/C33H34Cl2N2O5/c1-20(18-41-29-16-27-24(15-28(29)40-4)32(39)37-12-8-11-23(37)17-36-27)33(2,3)19-42-31-25(13-22(34)14-26(31)35)30(38)21-9-6-5-7-10-21/h5-7,9-10,13-17,20,23H,8,11-12,18-19H2,1-4H3. The number of hydrogen-bond donors (Lipinski definition) is 0.